The number of benzene rings is 1. The van der Waals surface area contributed by atoms with E-state index in [-0.39, 0.29) is 23.1 Å². The molecule has 3 aromatic rings. The highest BCUT2D eigenvalue weighted by molar-refractivity contribution is 5.93. The van der Waals surface area contributed by atoms with Crippen LogP contribution in [0.4, 0.5) is 0 Å². The van der Waals surface area contributed by atoms with Crippen LogP contribution in [-0.2, 0) is 6.42 Å². The minimum absolute atomic E-state index is 0.0499. The van der Waals surface area contributed by atoms with Gasteiger partial charge in [0.1, 0.15) is 17.4 Å². The van der Waals surface area contributed by atoms with Crippen molar-refractivity contribution >= 4 is 11.6 Å². The predicted octanol–water partition coefficient (Wildman–Crippen LogP) is 1.48. The van der Waals surface area contributed by atoms with Gasteiger partial charge in [-0.25, -0.2) is 4.98 Å². The number of hydrogen-bond donors (Lipinski definition) is 1. The Labute approximate surface area is 149 Å². The van der Waals surface area contributed by atoms with Crippen molar-refractivity contribution in [2.45, 2.75) is 12.5 Å². The lowest BCUT2D eigenvalue weighted by molar-refractivity contribution is 0.0728. The molecule has 2 aromatic heterocycles. The summed E-state index contributed by atoms with van der Waals surface area (Å²) in [5.74, 6) is 0.287. The van der Waals surface area contributed by atoms with E-state index < -0.39 is 11.5 Å². The average Bonchev–Trinajstić information content (AvgIpc) is 3.04. The van der Waals surface area contributed by atoms with Crippen LogP contribution in [0.1, 0.15) is 15.9 Å². The lowest BCUT2D eigenvalue weighted by Crippen LogP contribution is -2.39. The first kappa shape index (κ1) is 16.1. The Kier molecular flexibility index (Phi) is 3.84. The molecule has 7 heteroatoms. The van der Waals surface area contributed by atoms with E-state index in [1.807, 2.05) is 24.3 Å². The number of pyridine rings is 1. The fraction of sp³-hybridized carbons (Fsp3) is 0.211. The van der Waals surface area contributed by atoms with Crippen molar-refractivity contribution in [1.82, 2.24) is 14.3 Å². The van der Waals surface area contributed by atoms with Crippen molar-refractivity contribution in [1.29, 1.82) is 0 Å². The Hall–Kier alpha value is -3.35. The van der Waals surface area contributed by atoms with Gasteiger partial charge in [0, 0.05) is 25.9 Å². The smallest absolute Gasteiger partial charge is 0.270 e. The van der Waals surface area contributed by atoms with Crippen LogP contribution >= 0.6 is 0 Å². The van der Waals surface area contributed by atoms with E-state index in [0.29, 0.717) is 6.54 Å². The summed E-state index contributed by atoms with van der Waals surface area (Å²) >= 11 is 0. The largest absolute Gasteiger partial charge is 0.504 e. The van der Waals surface area contributed by atoms with Gasteiger partial charge in [0.2, 0.25) is 0 Å². The lowest BCUT2D eigenvalue weighted by Gasteiger charge is -2.21. The monoisotopic (exact) mass is 351 g/mol. The summed E-state index contributed by atoms with van der Waals surface area (Å²) in [5.41, 5.74) is 0.664. The van der Waals surface area contributed by atoms with E-state index >= 15 is 0 Å². The minimum atomic E-state index is -0.515. The molecule has 0 spiro atoms. The maximum absolute atomic E-state index is 12.7. The third-order valence-corrected chi connectivity index (χ3v) is 4.48. The van der Waals surface area contributed by atoms with E-state index in [9.17, 15) is 14.7 Å². The van der Waals surface area contributed by atoms with E-state index in [4.69, 9.17) is 4.74 Å². The van der Waals surface area contributed by atoms with Crippen LogP contribution in [0.15, 0.2) is 53.6 Å². The fourth-order valence-electron chi connectivity index (χ4n) is 3.19. The molecule has 0 aliphatic carbocycles. The summed E-state index contributed by atoms with van der Waals surface area (Å²) in [6, 6.07) is 10.7. The number of hydrogen-bond acceptors (Lipinski definition) is 5. The Morgan fingerprint density at radius 1 is 1.35 bits per heavy atom. The van der Waals surface area contributed by atoms with Crippen LogP contribution in [0.3, 0.4) is 0 Å². The topological polar surface area (TPSA) is 84.1 Å². The third kappa shape index (κ3) is 2.67. The standard InChI is InChI=1S/C19H17N3O4/c1-21(11-13-9-12-5-2-3-7-16(12)26-13)18(24)14-10-20-17-15(23)6-4-8-22(17)19(14)25/h2-8,10,13,23H,9,11H2,1H3/t13-/m1/s1. The molecule has 3 heterocycles. The number of aromatic nitrogens is 2. The van der Waals surface area contributed by atoms with Crippen LogP contribution in [0, 0.1) is 0 Å². The van der Waals surface area contributed by atoms with Gasteiger partial charge in [-0.1, -0.05) is 18.2 Å². The number of likely N-dealkylation sites (N-methyl/N-ethyl adjacent to an activating group) is 1. The normalized spacial score (nSPS) is 15.5. The minimum Gasteiger partial charge on any atom is -0.504 e. The molecule has 0 saturated heterocycles. The second kappa shape index (κ2) is 6.18. The second-order valence-corrected chi connectivity index (χ2v) is 6.30. The second-order valence-electron chi connectivity index (χ2n) is 6.30. The van der Waals surface area contributed by atoms with E-state index in [0.717, 1.165) is 17.7 Å². The Morgan fingerprint density at radius 3 is 2.96 bits per heavy atom. The van der Waals surface area contributed by atoms with E-state index in [1.165, 1.54) is 33.8 Å². The summed E-state index contributed by atoms with van der Waals surface area (Å²) in [6.07, 6.45) is 3.25. The zero-order valence-electron chi connectivity index (χ0n) is 14.1. The average molecular weight is 351 g/mol. The Bertz CT molecular complexity index is 1040. The summed E-state index contributed by atoms with van der Waals surface area (Å²) in [4.78, 5) is 30.8. The maximum Gasteiger partial charge on any atom is 0.270 e. The molecular formula is C19H17N3O4. The number of carbonyl (C=O) groups is 1. The number of rotatable bonds is 3. The molecule has 1 atom stereocenters. The van der Waals surface area contributed by atoms with Crippen LogP contribution in [0.5, 0.6) is 11.5 Å². The fourth-order valence-corrected chi connectivity index (χ4v) is 3.19. The summed E-state index contributed by atoms with van der Waals surface area (Å²) in [6.45, 7) is 0.357. The van der Waals surface area contributed by atoms with Crippen molar-refractivity contribution in [3.8, 4) is 11.5 Å². The lowest BCUT2D eigenvalue weighted by atomic mass is 10.1. The van der Waals surface area contributed by atoms with Gasteiger partial charge in [-0.2, -0.15) is 0 Å². The molecule has 132 valence electrons. The highest BCUT2D eigenvalue weighted by atomic mass is 16.5. The van der Waals surface area contributed by atoms with Crippen molar-refractivity contribution in [3.63, 3.8) is 0 Å². The summed E-state index contributed by atoms with van der Waals surface area (Å²) in [7, 11) is 1.63. The van der Waals surface area contributed by atoms with Gasteiger partial charge < -0.3 is 14.7 Å². The van der Waals surface area contributed by atoms with Crippen molar-refractivity contribution in [2.75, 3.05) is 13.6 Å². The van der Waals surface area contributed by atoms with Gasteiger partial charge in [-0.05, 0) is 23.8 Å². The molecule has 1 N–H and O–H groups in total. The van der Waals surface area contributed by atoms with Crippen molar-refractivity contribution in [3.05, 3.63) is 70.3 Å². The maximum atomic E-state index is 12.7. The summed E-state index contributed by atoms with van der Waals surface area (Å²) in [5, 5.41) is 9.78. The highest BCUT2D eigenvalue weighted by Crippen LogP contribution is 2.28. The summed E-state index contributed by atoms with van der Waals surface area (Å²) < 4.78 is 7.02. The number of para-hydroxylation sites is 1. The zero-order chi connectivity index (χ0) is 18.3. The van der Waals surface area contributed by atoms with E-state index in [1.54, 1.807) is 7.05 Å². The molecule has 1 aromatic carbocycles. The molecule has 1 aliphatic heterocycles. The first-order valence-corrected chi connectivity index (χ1v) is 8.24. The molecule has 4 rings (SSSR count). The molecule has 7 nitrogen and oxygen atoms in total. The van der Waals surface area contributed by atoms with Crippen LogP contribution in [-0.4, -0.2) is 45.0 Å². The molecule has 0 unspecified atom stereocenters. The number of nitrogens with zero attached hydrogens (tertiary/aromatic N) is 3. The van der Waals surface area contributed by atoms with Crippen molar-refractivity contribution in [2.24, 2.45) is 0 Å². The number of fused-ring (bicyclic) bond motifs is 2. The SMILES string of the molecule is CN(C[C@H]1Cc2ccccc2O1)C(=O)c1cnc2c(O)cccn2c1=O. The van der Waals surface area contributed by atoms with Crippen LogP contribution < -0.4 is 10.3 Å². The van der Waals surface area contributed by atoms with Crippen molar-refractivity contribution < 1.29 is 14.6 Å². The number of ether oxygens (including phenoxy) is 1. The number of aromatic hydroxyl groups is 1. The number of amides is 1. The molecular weight excluding hydrogens is 334 g/mol. The molecule has 0 bridgehead atoms. The molecule has 26 heavy (non-hydrogen) atoms. The molecule has 0 fully saturated rings. The van der Waals surface area contributed by atoms with Gasteiger partial charge in [0.25, 0.3) is 11.5 Å². The number of carbonyl (C=O) groups excluding carboxylic acids is 1. The Morgan fingerprint density at radius 2 is 2.15 bits per heavy atom. The molecule has 1 amide bonds. The van der Waals surface area contributed by atoms with E-state index in [2.05, 4.69) is 4.98 Å². The molecule has 0 radical (unpaired) electrons. The predicted molar refractivity (Wildman–Crippen MR) is 94.6 cm³/mol. The Balaban J connectivity index is 1.55. The van der Waals surface area contributed by atoms with Gasteiger partial charge in [-0.3, -0.25) is 14.0 Å². The first-order valence-electron chi connectivity index (χ1n) is 8.24. The van der Waals surface area contributed by atoms with Gasteiger partial charge >= 0.3 is 0 Å². The van der Waals surface area contributed by atoms with Gasteiger partial charge in [0.15, 0.2) is 11.4 Å². The molecule has 0 saturated carbocycles. The quantitative estimate of drug-likeness (QED) is 0.773. The van der Waals surface area contributed by atoms with Gasteiger partial charge in [0.05, 0.1) is 6.54 Å². The third-order valence-electron chi connectivity index (χ3n) is 4.48. The zero-order valence-corrected chi connectivity index (χ0v) is 14.1. The first-order chi connectivity index (χ1) is 12.5. The highest BCUT2D eigenvalue weighted by Gasteiger charge is 2.26. The van der Waals surface area contributed by atoms with Gasteiger partial charge in [-0.15, -0.1) is 0 Å². The van der Waals surface area contributed by atoms with Crippen LogP contribution in [0.2, 0.25) is 0 Å². The van der Waals surface area contributed by atoms with Crippen LogP contribution in [0.25, 0.3) is 5.65 Å². The molecule has 1 aliphatic rings.